The van der Waals surface area contributed by atoms with E-state index in [0.29, 0.717) is 11.5 Å². The van der Waals surface area contributed by atoms with Gasteiger partial charge in [0.2, 0.25) is 0 Å². The molecular weight excluding hydrogens is 409 g/mol. The average Bonchev–Trinajstić information content (AvgIpc) is 3.30. The fraction of sp³-hybridized carbons (Fsp3) is 0.250. The van der Waals surface area contributed by atoms with Crippen LogP contribution in [0.15, 0.2) is 54.9 Å². The summed E-state index contributed by atoms with van der Waals surface area (Å²) in [5, 5.41) is 7.96. The van der Waals surface area contributed by atoms with E-state index in [9.17, 15) is 9.18 Å². The van der Waals surface area contributed by atoms with Crippen LogP contribution in [0.5, 0.6) is 0 Å². The van der Waals surface area contributed by atoms with Crippen LogP contribution < -0.4 is 5.32 Å². The van der Waals surface area contributed by atoms with Crippen molar-refractivity contribution in [1.29, 1.82) is 0 Å². The second-order valence-electron chi connectivity index (χ2n) is 7.14. The summed E-state index contributed by atoms with van der Waals surface area (Å²) in [4.78, 5) is 20.3. The zero-order chi connectivity index (χ0) is 23.1. The molecule has 32 heavy (non-hydrogen) atoms. The topological polar surface area (TPSA) is 81.9 Å². The monoisotopic (exact) mass is 435 g/mol. The normalized spacial score (nSPS) is 10.4. The number of anilines is 2. The molecule has 0 saturated carbocycles. The van der Waals surface area contributed by atoms with Crippen LogP contribution in [0.3, 0.4) is 0 Å². The quantitative estimate of drug-likeness (QED) is 0.411. The van der Waals surface area contributed by atoms with Crippen LogP contribution in [0, 0.1) is 12.7 Å². The third-order valence-corrected chi connectivity index (χ3v) is 4.68. The van der Waals surface area contributed by atoms with E-state index in [1.54, 1.807) is 30.6 Å². The number of esters is 1. The van der Waals surface area contributed by atoms with E-state index in [-0.39, 0.29) is 11.4 Å². The van der Waals surface area contributed by atoms with E-state index in [2.05, 4.69) is 39.0 Å². The largest absolute Gasteiger partial charge is 0.464 e. The lowest BCUT2D eigenvalue weighted by atomic mass is 10.2. The van der Waals surface area contributed by atoms with Crippen LogP contribution in [0.4, 0.5) is 15.9 Å². The Kier molecular flexibility index (Phi) is 7.49. The van der Waals surface area contributed by atoms with E-state index >= 15 is 0 Å². The number of halogens is 1. The van der Waals surface area contributed by atoms with Gasteiger partial charge >= 0.3 is 5.97 Å². The minimum absolute atomic E-state index is 0.147. The summed E-state index contributed by atoms with van der Waals surface area (Å²) in [6, 6.07) is 11.7. The van der Waals surface area contributed by atoms with Crippen LogP contribution in [-0.2, 0) is 4.74 Å². The fourth-order valence-electron chi connectivity index (χ4n) is 2.75. The van der Waals surface area contributed by atoms with Gasteiger partial charge in [-0.05, 0) is 37.3 Å². The highest BCUT2D eigenvalue weighted by Gasteiger charge is 2.12. The van der Waals surface area contributed by atoms with Gasteiger partial charge in [0.1, 0.15) is 11.6 Å². The van der Waals surface area contributed by atoms with Crippen LogP contribution in [0.1, 0.15) is 42.9 Å². The number of pyridine rings is 2. The predicted octanol–water partition coefficient (Wildman–Crippen LogP) is 5.60. The Morgan fingerprint density at radius 2 is 1.91 bits per heavy atom. The molecule has 0 bridgehead atoms. The highest BCUT2D eigenvalue weighted by molar-refractivity contribution is 5.87. The summed E-state index contributed by atoms with van der Waals surface area (Å²) in [6.07, 6.45) is 5.89. The Morgan fingerprint density at radius 1 is 1.12 bits per heavy atom. The third kappa shape index (κ3) is 5.46. The predicted molar refractivity (Wildman–Crippen MR) is 123 cm³/mol. The third-order valence-electron chi connectivity index (χ3n) is 4.68. The molecule has 0 fully saturated rings. The van der Waals surface area contributed by atoms with Gasteiger partial charge in [-0.3, -0.25) is 4.98 Å². The van der Waals surface area contributed by atoms with E-state index in [1.165, 1.54) is 36.8 Å². The van der Waals surface area contributed by atoms with Crippen LogP contribution in [0.2, 0.25) is 0 Å². The second-order valence-corrected chi connectivity index (χ2v) is 7.14. The first-order valence-electron chi connectivity index (χ1n) is 10.4. The van der Waals surface area contributed by atoms with E-state index in [0.717, 1.165) is 16.6 Å². The molecule has 1 N–H and O–H groups in total. The Hall–Kier alpha value is -3.81. The van der Waals surface area contributed by atoms with Crippen LogP contribution >= 0.6 is 0 Å². The molecule has 4 rings (SSSR count). The molecule has 0 aliphatic heterocycles. The molecule has 7 nitrogen and oxygen atoms in total. The van der Waals surface area contributed by atoms with Crippen LogP contribution in [-0.4, -0.2) is 32.8 Å². The Balaban J connectivity index is 0.000000668. The molecule has 0 saturated heterocycles. The number of benzene rings is 1. The van der Waals surface area contributed by atoms with Crippen molar-refractivity contribution in [3.05, 3.63) is 72.1 Å². The maximum atomic E-state index is 14.6. The SMILES string of the molecule is CCCC.COC(=O)c1ccn(-c2ccc(Nc3cc4nc(C)ccc4cn3)c(F)c2)n1. The first-order chi connectivity index (χ1) is 15.4. The molecule has 0 aliphatic carbocycles. The Labute approximate surface area is 186 Å². The number of carbonyl (C=O) groups is 1. The number of fused-ring (bicyclic) bond motifs is 1. The lowest BCUT2D eigenvalue weighted by molar-refractivity contribution is 0.0593. The summed E-state index contributed by atoms with van der Waals surface area (Å²) in [5.74, 6) is -0.542. The molecule has 3 aromatic heterocycles. The number of nitrogens with zero attached hydrogens (tertiary/aromatic N) is 4. The summed E-state index contributed by atoms with van der Waals surface area (Å²) in [7, 11) is 1.28. The van der Waals surface area contributed by atoms with Crippen molar-refractivity contribution in [3.8, 4) is 5.69 Å². The average molecular weight is 436 g/mol. The molecule has 0 radical (unpaired) electrons. The summed E-state index contributed by atoms with van der Waals surface area (Å²) in [5.41, 5.74) is 2.56. The first-order valence-corrected chi connectivity index (χ1v) is 10.4. The number of carbonyl (C=O) groups excluding carboxylic acids is 1. The van der Waals surface area contributed by atoms with Crippen molar-refractivity contribution < 1.29 is 13.9 Å². The Morgan fingerprint density at radius 3 is 2.59 bits per heavy atom. The van der Waals surface area contributed by atoms with Gasteiger partial charge in [-0.1, -0.05) is 26.7 Å². The van der Waals surface area contributed by atoms with Gasteiger partial charge in [0.25, 0.3) is 0 Å². The van der Waals surface area contributed by atoms with E-state index < -0.39 is 11.8 Å². The van der Waals surface area contributed by atoms with Crippen molar-refractivity contribution in [2.75, 3.05) is 12.4 Å². The van der Waals surface area contributed by atoms with Gasteiger partial charge in [-0.25, -0.2) is 18.9 Å². The second kappa shape index (κ2) is 10.5. The number of hydrogen-bond acceptors (Lipinski definition) is 6. The zero-order valence-corrected chi connectivity index (χ0v) is 18.6. The molecule has 3 heterocycles. The summed E-state index contributed by atoms with van der Waals surface area (Å²) in [6.45, 7) is 6.27. The molecule has 0 spiro atoms. The number of aryl methyl sites for hydroxylation is 1. The number of ether oxygens (including phenoxy) is 1. The molecule has 0 unspecified atom stereocenters. The number of unbranched alkanes of at least 4 members (excludes halogenated alkanes) is 1. The van der Waals surface area contributed by atoms with Crippen molar-refractivity contribution in [1.82, 2.24) is 19.7 Å². The van der Waals surface area contributed by atoms with Gasteiger partial charge in [-0.2, -0.15) is 5.10 Å². The molecule has 0 amide bonds. The molecule has 0 atom stereocenters. The van der Waals surface area contributed by atoms with E-state index in [4.69, 9.17) is 0 Å². The summed E-state index contributed by atoms with van der Waals surface area (Å²) < 4.78 is 20.6. The zero-order valence-electron chi connectivity index (χ0n) is 18.6. The highest BCUT2D eigenvalue weighted by Crippen LogP contribution is 2.23. The minimum Gasteiger partial charge on any atom is -0.464 e. The van der Waals surface area contributed by atoms with Gasteiger partial charge in [-0.15, -0.1) is 0 Å². The minimum atomic E-state index is -0.552. The van der Waals surface area contributed by atoms with Crippen LogP contribution in [0.25, 0.3) is 16.6 Å². The standard InChI is InChI=1S/C20H16FN5O2.C4H10/c1-12-3-4-13-11-22-19(10-18(13)23-12)24-16-6-5-14(9-15(16)21)26-8-7-17(25-26)20(27)28-2;1-3-4-2/h3-11H,1-2H3,(H,22,24);3-4H2,1-2H3. The van der Waals surface area contributed by atoms with Crippen molar-refractivity contribution in [2.45, 2.75) is 33.6 Å². The van der Waals surface area contributed by atoms with Gasteiger partial charge in [0.05, 0.1) is 24.0 Å². The van der Waals surface area contributed by atoms with Crippen molar-refractivity contribution in [2.24, 2.45) is 0 Å². The number of nitrogens with one attached hydrogen (secondary N) is 1. The maximum Gasteiger partial charge on any atom is 0.358 e. The maximum absolute atomic E-state index is 14.6. The van der Waals surface area contributed by atoms with Gasteiger partial charge < -0.3 is 10.1 Å². The smallest absolute Gasteiger partial charge is 0.358 e. The van der Waals surface area contributed by atoms with Crippen molar-refractivity contribution in [3.63, 3.8) is 0 Å². The van der Waals surface area contributed by atoms with E-state index in [1.807, 2.05) is 19.1 Å². The molecule has 1 aromatic carbocycles. The van der Waals surface area contributed by atoms with Gasteiger partial charge in [0.15, 0.2) is 5.69 Å². The van der Waals surface area contributed by atoms with Gasteiger partial charge in [0, 0.05) is 35.6 Å². The number of aromatic nitrogens is 4. The Bertz CT molecular complexity index is 1220. The first kappa shape index (κ1) is 22.9. The number of rotatable bonds is 5. The molecule has 4 aromatic rings. The molecule has 166 valence electrons. The molecule has 0 aliphatic rings. The highest BCUT2D eigenvalue weighted by atomic mass is 19.1. The molecule has 8 heteroatoms. The fourth-order valence-corrected chi connectivity index (χ4v) is 2.75. The number of methoxy groups -OCH3 is 1. The lowest BCUT2D eigenvalue weighted by Crippen LogP contribution is -2.04. The lowest BCUT2D eigenvalue weighted by Gasteiger charge is -2.09. The van der Waals surface area contributed by atoms with Crippen molar-refractivity contribution >= 4 is 28.4 Å². The molecular formula is C24H26FN5O2. The summed E-state index contributed by atoms with van der Waals surface area (Å²) >= 11 is 0. The number of hydrogen-bond donors (Lipinski definition) is 1.